The number of hydrogen-bond donors (Lipinski definition) is 2. The van der Waals surface area contributed by atoms with E-state index in [0.717, 1.165) is 25.7 Å². The zero-order chi connectivity index (χ0) is 15.8. The number of carbonyl (C=O) groups excluding carboxylic acids is 1. The lowest BCUT2D eigenvalue weighted by Gasteiger charge is -2.56. The summed E-state index contributed by atoms with van der Waals surface area (Å²) in [6, 6.07) is 0. The number of ketones is 1. The maximum atomic E-state index is 11.8. The molecule has 0 bridgehead atoms. The summed E-state index contributed by atoms with van der Waals surface area (Å²) in [5.74, 6) is 0.0187. The molecule has 2 fully saturated rings. The fourth-order valence-corrected chi connectivity index (χ4v) is 5.99. The van der Waals surface area contributed by atoms with Gasteiger partial charge in [0.25, 0.3) is 0 Å². The summed E-state index contributed by atoms with van der Waals surface area (Å²) in [5, 5.41) is 20.9. The van der Waals surface area contributed by atoms with Gasteiger partial charge in [0.1, 0.15) is 0 Å². The minimum Gasteiger partial charge on any atom is -0.365 e. The second kappa shape index (κ2) is 4.33. The van der Waals surface area contributed by atoms with Gasteiger partial charge < -0.3 is 10.2 Å². The molecule has 2 saturated carbocycles. The van der Waals surface area contributed by atoms with Gasteiger partial charge in [-0.2, -0.15) is 0 Å². The van der Waals surface area contributed by atoms with Crippen molar-refractivity contribution in [2.24, 2.45) is 28.6 Å². The number of fused-ring (bicyclic) bond motifs is 5. The molecule has 0 heterocycles. The Bertz CT molecular complexity index is 587. The van der Waals surface area contributed by atoms with Crippen LogP contribution in [0.25, 0.3) is 0 Å². The van der Waals surface area contributed by atoms with Crippen LogP contribution in [0.5, 0.6) is 0 Å². The second-order valence-corrected chi connectivity index (χ2v) is 8.44. The van der Waals surface area contributed by atoms with Crippen LogP contribution in [0, 0.1) is 28.6 Å². The minimum atomic E-state index is -1.52. The standard InChI is InChI=1S/C19H26O3/c1-17-8-5-13(20)11-12(17)3-4-14-15(17)6-9-18(2)16(14)7-10-19(18,21)22/h3-4,11,14-16,21-22H,5-10H2,1-2H3/t14-,15+,16+,17+,18+/m1/s1. The van der Waals surface area contributed by atoms with Crippen molar-refractivity contribution in [1.29, 1.82) is 0 Å². The predicted molar refractivity (Wildman–Crippen MR) is 83.8 cm³/mol. The third-order valence-corrected chi connectivity index (χ3v) is 7.62. The average molecular weight is 302 g/mol. The van der Waals surface area contributed by atoms with Gasteiger partial charge in [0.2, 0.25) is 0 Å². The largest absolute Gasteiger partial charge is 0.365 e. The predicted octanol–water partition coefficient (Wildman–Crippen LogP) is 2.98. The highest BCUT2D eigenvalue weighted by molar-refractivity contribution is 5.92. The SMILES string of the molecule is C[C@]12CCC(=O)C=C1C=C[C@@H]1[C@@H]2CC[C@@]2(C)[C@H]1CCC2(O)O. The van der Waals surface area contributed by atoms with E-state index < -0.39 is 5.79 Å². The van der Waals surface area contributed by atoms with E-state index in [0.29, 0.717) is 30.6 Å². The second-order valence-electron chi connectivity index (χ2n) is 8.44. The minimum absolute atomic E-state index is 0.0881. The first-order chi connectivity index (χ1) is 10.3. The molecule has 0 saturated heterocycles. The molecular formula is C19H26O3. The van der Waals surface area contributed by atoms with Crippen LogP contribution < -0.4 is 0 Å². The van der Waals surface area contributed by atoms with Gasteiger partial charge in [0.15, 0.2) is 11.6 Å². The zero-order valence-electron chi connectivity index (χ0n) is 13.5. The topological polar surface area (TPSA) is 57.5 Å². The summed E-state index contributed by atoms with van der Waals surface area (Å²) in [5.41, 5.74) is 0.900. The number of aliphatic hydroxyl groups is 2. The lowest BCUT2D eigenvalue weighted by molar-refractivity contribution is -0.244. The van der Waals surface area contributed by atoms with Crippen LogP contribution in [-0.2, 0) is 4.79 Å². The summed E-state index contributed by atoms with van der Waals surface area (Å²) in [7, 11) is 0. The molecule has 0 aromatic carbocycles. The zero-order valence-corrected chi connectivity index (χ0v) is 13.5. The molecule has 4 rings (SSSR count). The fraction of sp³-hybridized carbons (Fsp3) is 0.737. The summed E-state index contributed by atoms with van der Waals surface area (Å²) in [6.07, 6.45) is 11.1. The summed E-state index contributed by atoms with van der Waals surface area (Å²) < 4.78 is 0. The molecular weight excluding hydrogens is 276 g/mol. The highest BCUT2D eigenvalue weighted by Gasteiger charge is 2.63. The van der Waals surface area contributed by atoms with Crippen molar-refractivity contribution in [1.82, 2.24) is 0 Å². The average Bonchev–Trinajstić information content (AvgIpc) is 2.70. The van der Waals surface area contributed by atoms with Crippen LogP contribution in [0.15, 0.2) is 23.8 Å². The van der Waals surface area contributed by atoms with Gasteiger partial charge in [-0.05, 0) is 60.5 Å². The third kappa shape index (κ3) is 1.67. The molecule has 0 unspecified atom stereocenters. The molecule has 4 aliphatic carbocycles. The van der Waals surface area contributed by atoms with Crippen molar-refractivity contribution in [3.05, 3.63) is 23.8 Å². The van der Waals surface area contributed by atoms with Crippen LogP contribution in [-0.4, -0.2) is 21.8 Å². The lowest BCUT2D eigenvalue weighted by Crippen LogP contribution is -2.53. The number of rotatable bonds is 0. The summed E-state index contributed by atoms with van der Waals surface area (Å²) in [4.78, 5) is 11.8. The van der Waals surface area contributed by atoms with E-state index in [2.05, 4.69) is 26.0 Å². The molecule has 0 aliphatic heterocycles. The Labute approximate surface area is 132 Å². The first kappa shape index (κ1) is 14.6. The normalized spacial score (nSPS) is 49.2. The van der Waals surface area contributed by atoms with Gasteiger partial charge in [-0.25, -0.2) is 0 Å². The van der Waals surface area contributed by atoms with Crippen molar-refractivity contribution in [2.75, 3.05) is 0 Å². The Morgan fingerprint density at radius 1 is 1.09 bits per heavy atom. The molecule has 0 aromatic rings. The Balaban J connectivity index is 1.76. The van der Waals surface area contributed by atoms with E-state index in [1.807, 2.05) is 6.08 Å². The van der Waals surface area contributed by atoms with E-state index in [4.69, 9.17) is 0 Å². The molecule has 3 nitrogen and oxygen atoms in total. The van der Waals surface area contributed by atoms with Gasteiger partial charge in [0, 0.05) is 18.3 Å². The summed E-state index contributed by atoms with van der Waals surface area (Å²) in [6.45, 7) is 4.38. The number of allylic oxidation sites excluding steroid dienone is 4. The van der Waals surface area contributed by atoms with Gasteiger partial charge >= 0.3 is 0 Å². The lowest BCUT2D eigenvalue weighted by atomic mass is 9.49. The van der Waals surface area contributed by atoms with E-state index in [9.17, 15) is 15.0 Å². The van der Waals surface area contributed by atoms with Crippen molar-refractivity contribution in [3.8, 4) is 0 Å². The van der Waals surface area contributed by atoms with Crippen LogP contribution in [0.2, 0.25) is 0 Å². The van der Waals surface area contributed by atoms with Gasteiger partial charge in [-0.3, -0.25) is 4.79 Å². The molecule has 0 radical (unpaired) electrons. The molecule has 0 amide bonds. The van der Waals surface area contributed by atoms with Gasteiger partial charge in [-0.1, -0.05) is 26.0 Å². The van der Waals surface area contributed by atoms with Crippen LogP contribution >= 0.6 is 0 Å². The molecule has 0 aromatic heterocycles. The maximum Gasteiger partial charge on any atom is 0.168 e. The first-order valence-electron chi connectivity index (χ1n) is 8.66. The van der Waals surface area contributed by atoms with Gasteiger partial charge in [0.05, 0.1) is 0 Å². The van der Waals surface area contributed by atoms with Crippen LogP contribution in [0.3, 0.4) is 0 Å². The van der Waals surface area contributed by atoms with E-state index in [-0.39, 0.29) is 16.6 Å². The van der Waals surface area contributed by atoms with Crippen LogP contribution in [0.4, 0.5) is 0 Å². The molecule has 4 aliphatic rings. The van der Waals surface area contributed by atoms with Crippen molar-refractivity contribution >= 4 is 5.78 Å². The van der Waals surface area contributed by atoms with E-state index in [1.165, 1.54) is 5.57 Å². The molecule has 120 valence electrons. The van der Waals surface area contributed by atoms with Crippen molar-refractivity contribution in [3.63, 3.8) is 0 Å². The smallest absolute Gasteiger partial charge is 0.168 e. The Morgan fingerprint density at radius 2 is 1.82 bits per heavy atom. The summed E-state index contributed by atoms with van der Waals surface area (Å²) >= 11 is 0. The number of hydrogen-bond acceptors (Lipinski definition) is 3. The maximum absolute atomic E-state index is 11.8. The van der Waals surface area contributed by atoms with E-state index in [1.54, 1.807) is 0 Å². The molecule has 2 N–H and O–H groups in total. The molecule has 3 heteroatoms. The highest BCUT2D eigenvalue weighted by atomic mass is 16.5. The quantitative estimate of drug-likeness (QED) is 0.676. The van der Waals surface area contributed by atoms with Gasteiger partial charge in [-0.15, -0.1) is 0 Å². The number of carbonyl (C=O) groups is 1. The Morgan fingerprint density at radius 3 is 2.59 bits per heavy atom. The van der Waals surface area contributed by atoms with Crippen molar-refractivity contribution < 1.29 is 15.0 Å². The molecule has 5 atom stereocenters. The van der Waals surface area contributed by atoms with Crippen molar-refractivity contribution in [2.45, 2.75) is 58.2 Å². The monoisotopic (exact) mass is 302 g/mol. The molecule has 22 heavy (non-hydrogen) atoms. The van der Waals surface area contributed by atoms with Crippen LogP contribution in [0.1, 0.15) is 52.4 Å². The fourth-order valence-electron chi connectivity index (χ4n) is 5.99. The Kier molecular flexibility index (Phi) is 2.88. The third-order valence-electron chi connectivity index (χ3n) is 7.62. The first-order valence-corrected chi connectivity index (χ1v) is 8.66. The Hall–Kier alpha value is -0.930. The highest BCUT2D eigenvalue weighted by Crippen LogP contribution is 2.65. The molecule has 0 spiro atoms. The van der Waals surface area contributed by atoms with E-state index >= 15 is 0 Å².